The van der Waals surface area contributed by atoms with Gasteiger partial charge in [-0.1, -0.05) is 36.4 Å². The molecule has 1 N–H and O–H groups in total. The minimum Gasteiger partial charge on any atom is -0.381 e. The molecule has 1 aromatic carbocycles. The van der Waals surface area contributed by atoms with E-state index in [1.807, 2.05) is 41.7 Å². The minimum atomic E-state index is -4.81. The van der Waals surface area contributed by atoms with Crippen LogP contribution in [-0.2, 0) is 16.0 Å². The van der Waals surface area contributed by atoms with Gasteiger partial charge in [-0.25, -0.2) is 0 Å². The average Bonchev–Trinajstić information content (AvgIpc) is 2.43. The molecule has 6 heteroatoms. The first kappa shape index (κ1) is 17.2. The van der Waals surface area contributed by atoms with Crippen LogP contribution in [0.5, 0.6) is 0 Å². The van der Waals surface area contributed by atoms with Gasteiger partial charge < -0.3 is 10.1 Å². The second kappa shape index (κ2) is 8.46. The summed E-state index contributed by atoms with van der Waals surface area (Å²) in [7, 11) is 1.61. The quantitative estimate of drug-likeness (QED) is 0.786. The van der Waals surface area contributed by atoms with E-state index in [0.29, 0.717) is 19.4 Å². The van der Waals surface area contributed by atoms with Crippen molar-refractivity contribution in [1.82, 2.24) is 5.32 Å². The van der Waals surface area contributed by atoms with Crippen LogP contribution in [0.1, 0.15) is 17.5 Å². The average molecular weight is 301 g/mol. The lowest BCUT2D eigenvalue weighted by molar-refractivity contribution is -0.173. The maximum absolute atomic E-state index is 12.0. The van der Waals surface area contributed by atoms with Crippen molar-refractivity contribution in [2.75, 3.05) is 20.3 Å². The Balaban J connectivity index is 2.39. The van der Waals surface area contributed by atoms with Crippen molar-refractivity contribution in [3.05, 3.63) is 41.5 Å². The van der Waals surface area contributed by atoms with Crippen molar-refractivity contribution < 1.29 is 22.7 Å². The molecule has 1 aromatic rings. The number of alkyl halides is 3. The van der Waals surface area contributed by atoms with Crippen molar-refractivity contribution in [3.63, 3.8) is 0 Å². The molecule has 21 heavy (non-hydrogen) atoms. The smallest absolute Gasteiger partial charge is 0.381 e. The topological polar surface area (TPSA) is 38.3 Å². The van der Waals surface area contributed by atoms with E-state index in [-0.39, 0.29) is 6.54 Å². The van der Waals surface area contributed by atoms with E-state index in [9.17, 15) is 18.0 Å². The molecule has 1 rings (SSSR count). The first-order valence-electron chi connectivity index (χ1n) is 6.53. The number of rotatable bonds is 7. The van der Waals surface area contributed by atoms with Crippen LogP contribution in [0.3, 0.4) is 0 Å². The van der Waals surface area contributed by atoms with Crippen LogP contribution in [0.15, 0.2) is 30.3 Å². The number of benzene rings is 1. The van der Waals surface area contributed by atoms with Crippen molar-refractivity contribution in [2.24, 2.45) is 0 Å². The van der Waals surface area contributed by atoms with Gasteiger partial charge in [-0.05, 0) is 24.0 Å². The Morgan fingerprint density at radius 1 is 1.38 bits per heavy atom. The molecule has 0 spiro atoms. The Bertz CT molecular complexity index is 484. The molecule has 0 aliphatic heterocycles. The molecule has 3 nitrogen and oxygen atoms in total. The van der Waals surface area contributed by atoms with Gasteiger partial charge in [0.1, 0.15) is 0 Å². The normalized spacial score (nSPS) is 11.8. The first-order valence-corrected chi connectivity index (χ1v) is 6.53. The fourth-order valence-corrected chi connectivity index (χ4v) is 1.73. The molecule has 0 aliphatic carbocycles. The molecule has 0 unspecified atom stereocenters. The van der Waals surface area contributed by atoms with Crippen LogP contribution in [0, 0.1) is 0 Å². The number of methoxy groups -OCH3 is 1. The Kier molecular flexibility index (Phi) is 6.94. The summed E-state index contributed by atoms with van der Waals surface area (Å²) < 4.78 is 40.8. The predicted octanol–water partition coefficient (Wildman–Crippen LogP) is 2.96. The summed E-state index contributed by atoms with van der Waals surface area (Å²) in [6, 6.07) is 7.67. The maximum Gasteiger partial charge on any atom is 0.471 e. The van der Waals surface area contributed by atoms with Crippen LogP contribution >= 0.6 is 0 Å². The molecule has 0 saturated heterocycles. The molecular weight excluding hydrogens is 283 g/mol. The van der Waals surface area contributed by atoms with Crippen LogP contribution in [0.2, 0.25) is 0 Å². The zero-order valence-corrected chi connectivity index (χ0v) is 11.7. The second-order valence-corrected chi connectivity index (χ2v) is 4.46. The number of amides is 1. The summed E-state index contributed by atoms with van der Waals surface area (Å²) in [6.45, 7) is 0.524. The highest BCUT2D eigenvalue weighted by Gasteiger charge is 2.38. The van der Waals surface area contributed by atoms with Gasteiger partial charge in [0.15, 0.2) is 0 Å². The van der Waals surface area contributed by atoms with E-state index in [0.717, 1.165) is 11.1 Å². The number of aryl methyl sites for hydroxylation is 1. The Labute approximate surface area is 121 Å². The number of hydrogen-bond acceptors (Lipinski definition) is 2. The van der Waals surface area contributed by atoms with Gasteiger partial charge in [-0.15, -0.1) is 0 Å². The Morgan fingerprint density at radius 3 is 2.81 bits per heavy atom. The van der Waals surface area contributed by atoms with Gasteiger partial charge in [0, 0.05) is 13.7 Å². The van der Waals surface area contributed by atoms with E-state index < -0.39 is 12.1 Å². The number of nitrogens with one attached hydrogen (secondary N) is 1. The Hall–Kier alpha value is -1.82. The van der Waals surface area contributed by atoms with Crippen molar-refractivity contribution in [1.29, 1.82) is 0 Å². The lowest BCUT2D eigenvalue weighted by Gasteiger charge is -2.08. The summed E-state index contributed by atoms with van der Waals surface area (Å²) in [5.74, 6) is -1.89. The van der Waals surface area contributed by atoms with Crippen LogP contribution in [0.4, 0.5) is 13.2 Å². The summed E-state index contributed by atoms with van der Waals surface area (Å²) >= 11 is 0. The lowest BCUT2D eigenvalue weighted by atomic mass is 10.1. The summed E-state index contributed by atoms with van der Waals surface area (Å²) in [5, 5.41) is 1.85. The highest BCUT2D eigenvalue weighted by atomic mass is 19.4. The van der Waals surface area contributed by atoms with Gasteiger partial charge >= 0.3 is 12.1 Å². The standard InChI is InChI=1S/C15H18F3NO2/c1-21-10-4-8-13-6-2-5-12(11-13)7-3-9-19-14(20)15(16,17)18/h2,4-6,8,11H,3,7,9-10H2,1H3,(H,19,20)/b8-4+. The highest BCUT2D eigenvalue weighted by molar-refractivity contribution is 5.81. The first-order chi connectivity index (χ1) is 9.93. The summed E-state index contributed by atoms with van der Waals surface area (Å²) in [6.07, 6.45) is 0.0321. The van der Waals surface area contributed by atoms with Gasteiger partial charge in [-0.2, -0.15) is 13.2 Å². The highest BCUT2D eigenvalue weighted by Crippen LogP contribution is 2.14. The van der Waals surface area contributed by atoms with Crippen molar-refractivity contribution in [3.8, 4) is 0 Å². The third kappa shape index (κ3) is 6.94. The molecule has 0 fully saturated rings. The fourth-order valence-electron chi connectivity index (χ4n) is 1.73. The van der Waals surface area contributed by atoms with E-state index in [1.165, 1.54) is 0 Å². The minimum absolute atomic E-state index is 0.00207. The number of hydrogen-bond donors (Lipinski definition) is 1. The zero-order chi connectivity index (χ0) is 15.7. The molecule has 0 aliphatic rings. The van der Waals surface area contributed by atoms with Gasteiger partial charge in [0.25, 0.3) is 0 Å². The molecule has 0 radical (unpaired) electrons. The Morgan fingerprint density at radius 2 is 2.14 bits per heavy atom. The largest absolute Gasteiger partial charge is 0.471 e. The van der Waals surface area contributed by atoms with Gasteiger partial charge in [0.2, 0.25) is 0 Å². The van der Waals surface area contributed by atoms with Crippen LogP contribution < -0.4 is 5.32 Å². The number of ether oxygens (including phenoxy) is 1. The zero-order valence-electron chi connectivity index (χ0n) is 11.7. The van der Waals surface area contributed by atoms with E-state index >= 15 is 0 Å². The third-order valence-electron chi connectivity index (χ3n) is 2.71. The van der Waals surface area contributed by atoms with E-state index in [4.69, 9.17) is 4.74 Å². The third-order valence-corrected chi connectivity index (χ3v) is 2.71. The van der Waals surface area contributed by atoms with Gasteiger partial charge in [-0.3, -0.25) is 4.79 Å². The van der Waals surface area contributed by atoms with E-state index in [2.05, 4.69) is 0 Å². The number of carbonyl (C=O) groups excluding carboxylic acids is 1. The molecular formula is C15H18F3NO2. The molecule has 1 amide bonds. The van der Waals surface area contributed by atoms with Crippen LogP contribution in [0.25, 0.3) is 6.08 Å². The lowest BCUT2D eigenvalue weighted by Crippen LogP contribution is -2.37. The summed E-state index contributed by atoms with van der Waals surface area (Å²) in [4.78, 5) is 10.6. The predicted molar refractivity (Wildman–Crippen MR) is 74.7 cm³/mol. The molecule has 0 aromatic heterocycles. The molecule has 0 bridgehead atoms. The fraction of sp³-hybridized carbons (Fsp3) is 0.400. The molecule has 116 valence electrons. The van der Waals surface area contributed by atoms with Crippen molar-refractivity contribution >= 4 is 12.0 Å². The van der Waals surface area contributed by atoms with E-state index in [1.54, 1.807) is 7.11 Å². The number of halogens is 3. The maximum atomic E-state index is 12.0. The summed E-state index contributed by atoms with van der Waals surface area (Å²) in [5.41, 5.74) is 2.01. The van der Waals surface area contributed by atoms with Crippen molar-refractivity contribution in [2.45, 2.75) is 19.0 Å². The second-order valence-electron chi connectivity index (χ2n) is 4.46. The molecule has 0 heterocycles. The van der Waals surface area contributed by atoms with Crippen LogP contribution in [-0.4, -0.2) is 32.3 Å². The molecule has 0 atom stereocenters. The number of carbonyl (C=O) groups is 1. The monoisotopic (exact) mass is 301 g/mol. The SMILES string of the molecule is COC/C=C/c1cccc(CCCNC(=O)C(F)(F)F)c1. The van der Waals surface area contributed by atoms with Gasteiger partial charge in [0.05, 0.1) is 6.61 Å². The molecule has 0 saturated carbocycles.